The van der Waals surface area contributed by atoms with Crippen molar-refractivity contribution in [3.8, 4) is 33.4 Å². The van der Waals surface area contributed by atoms with Crippen molar-refractivity contribution in [2.24, 2.45) is 9.98 Å². The molecule has 7 aromatic carbocycles. The topological polar surface area (TPSA) is 50.5 Å². The van der Waals surface area contributed by atoms with E-state index in [4.69, 9.17) is 9.98 Å². The van der Waals surface area contributed by atoms with Gasteiger partial charge in [0.25, 0.3) is 0 Å². The van der Waals surface area contributed by atoms with E-state index in [0.717, 1.165) is 32.6 Å². The number of nitrogens with zero attached hydrogens (tertiary/aromatic N) is 4. The van der Waals surface area contributed by atoms with E-state index in [9.17, 15) is 0 Å². The molecule has 0 saturated heterocycles. The van der Waals surface area contributed by atoms with E-state index in [0.29, 0.717) is 11.5 Å². The largest absolute Gasteiger partial charge is 0.262 e. The normalized spacial score (nSPS) is 11.8. The standard InChI is InChI=1S/C46H30N4/c1-47-46(50-36-17-12-22-48-29-36)35-26-43-44-39-20-10-8-18-37(39)41(27-42(44)38-19-9-11-21-40(38)45(43)49-28-35)34-24-32(30-13-4-2-5-14-30)23-33(25-34)31-15-6-3-7-16-31/h2-29H,1H2/b50-46-. The van der Waals surface area contributed by atoms with Gasteiger partial charge in [-0.05, 0) is 109 Å². The Balaban J connectivity index is 1.37. The molecule has 0 bridgehead atoms. The summed E-state index contributed by atoms with van der Waals surface area (Å²) in [5.74, 6) is 0.501. The predicted molar refractivity (Wildman–Crippen MR) is 211 cm³/mol. The summed E-state index contributed by atoms with van der Waals surface area (Å²) in [6, 6.07) is 53.8. The maximum absolute atomic E-state index is 5.06. The molecule has 0 aliphatic heterocycles. The number of benzene rings is 7. The number of aliphatic imine (C=N–C) groups is 2. The molecule has 0 amide bonds. The second-order valence-corrected chi connectivity index (χ2v) is 12.4. The fourth-order valence-corrected chi connectivity index (χ4v) is 7.14. The van der Waals surface area contributed by atoms with Crippen molar-refractivity contribution >= 4 is 61.5 Å². The van der Waals surface area contributed by atoms with Crippen LogP contribution in [-0.4, -0.2) is 22.5 Å². The predicted octanol–water partition coefficient (Wildman–Crippen LogP) is 11.9. The molecule has 0 saturated carbocycles. The molecule has 0 radical (unpaired) electrons. The molecule has 0 aliphatic rings. The van der Waals surface area contributed by atoms with Crippen LogP contribution in [0.4, 0.5) is 5.69 Å². The Morgan fingerprint density at radius 3 is 1.76 bits per heavy atom. The van der Waals surface area contributed by atoms with Crippen molar-refractivity contribution in [1.29, 1.82) is 0 Å². The van der Waals surface area contributed by atoms with Gasteiger partial charge in [0.15, 0.2) is 5.84 Å². The minimum atomic E-state index is 0.501. The zero-order chi connectivity index (χ0) is 33.4. The Hall–Kier alpha value is -6.78. The van der Waals surface area contributed by atoms with E-state index < -0.39 is 0 Å². The zero-order valence-corrected chi connectivity index (χ0v) is 27.2. The van der Waals surface area contributed by atoms with Gasteiger partial charge in [-0.25, -0.2) is 9.98 Å². The average Bonchev–Trinajstić information content (AvgIpc) is 3.20. The van der Waals surface area contributed by atoms with Crippen molar-refractivity contribution in [1.82, 2.24) is 9.97 Å². The first-order valence-corrected chi connectivity index (χ1v) is 16.6. The summed E-state index contributed by atoms with van der Waals surface area (Å²) >= 11 is 0. The Labute approximate surface area is 289 Å². The molecule has 0 N–H and O–H groups in total. The SMILES string of the molecule is C=N/C(=N\c1cccnc1)c1cnc2c3ccccc3c3cc(-c4cc(-c5ccccc5)cc(-c5ccccc5)c4)c4ccccc4c3c2c1. The Kier molecular flexibility index (Phi) is 7.25. The number of fused-ring (bicyclic) bond motifs is 8. The molecule has 0 fully saturated rings. The lowest BCUT2D eigenvalue weighted by Crippen LogP contribution is -1.99. The van der Waals surface area contributed by atoms with Crippen LogP contribution in [0.2, 0.25) is 0 Å². The fourth-order valence-electron chi connectivity index (χ4n) is 7.14. The zero-order valence-electron chi connectivity index (χ0n) is 27.2. The highest BCUT2D eigenvalue weighted by molar-refractivity contribution is 6.32. The number of hydrogen-bond acceptors (Lipinski definition) is 3. The van der Waals surface area contributed by atoms with E-state index in [1.165, 1.54) is 49.5 Å². The first-order valence-electron chi connectivity index (χ1n) is 16.6. The van der Waals surface area contributed by atoms with Crippen LogP contribution in [0.5, 0.6) is 0 Å². The van der Waals surface area contributed by atoms with Gasteiger partial charge >= 0.3 is 0 Å². The first-order chi connectivity index (χ1) is 24.7. The second kappa shape index (κ2) is 12.3. The molecule has 0 unspecified atom stereocenters. The lowest BCUT2D eigenvalue weighted by Gasteiger charge is -2.17. The summed E-state index contributed by atoms with van der Waals surface area (Å²) in [6.07, 6.45) is 5.30. The van der Waals surface area contributed by atoms with Gasteiger partial charge in [-0.2, -0.15) is 0 Å². The molecular formula is C46H30N4. The van der Waals surface area contributed by atoms with Crippen molar-refractivity contribution in [2.75, 3.05) is 0 Å². The maximum Gasteiger partial charge on any atom is 0.160 e. The molecule has 0 spiro atoms. The summed E-state index contributed by atoms with van der Waals surface area (Å²) in [5, 5.41) is 7.98. The van der Waals surface area contributed by atoms with Crippen LogP contribution < -0.4 is 0 Å². The van der Waals surface area contributed by atoms with Gasteiger partial charge in [-0.1, -0.05) is 109 Å². The smallest absolute Gasteiger partial charge is 0.160 e. The van der Waals surface area contributed by atoms with Crippen molar-refractivity contribution < 1.29 is 0 Å². The third kappa shape index (κ3) is 5.11. The van der Waals surface area contributed by atoms with Crippen LogP contribution in [0.1, 0.15) is 5.56 Å². The van der Waals surface area contributed by atoms with Crippen molar-refractivity contribution in [3.63, 3.8) is 0 Å². The number of amidine groups is 1. The summed E-state index contributed by atoms with van der Waals surface area (Å²) in [6.45, 7) is 3.85. The molecular weight excluding hydrogens is 609 g/mol. The highest BCUT2D eigenvalue weighted by atomic mass is 14.9. The van der Waals surface area contributed by atoms with Gasteiger partial charge in [0.1, 0.15) is 0 Å². The van der Waals surface area contributed by atoms with Crippen LogP contribution in [0.25, 0.3) is 76.6 Å². The van der Waals surface area contributed by atoms with Crippen molar-refractivity contribution in [2.45, 2.75) is 0 Å². The second-order valence-electron chi connectivity index (χ2n) is 12.4. The van der Waals surface area contributed by atoms with Gasteiger partial charge in [0.2, 0.25) is 0 Å². The summed E-state index contributed by atoms with van der Waals surface area (Å²) in [4.78, 5) is 18.4. The van der Waals surface area contributed by atoms with Crippen LogP contribution in [0.15, 0.2) is 180 Å². The van der Waals surface area contributed by atoms with Gasteiger partial charge in [0, 0.05) is 28.7 Å². The van der Waals surface area contributed by atoms with Gasteiger partial charge in [-0.15, -0.1) is 0 Å². The highest BCUT2D eigenvalue weighted by Crippen LogP contribution is 2.44. The number of hydrogen-bond donors (Lipinski definition) is 0. The minimum absolute atomic E-state index is 0.501. The summed E-state index contributed by atoms with van der Waals surface area (Å²) in [5.41, 5.74) is 9.53. The lowest BCUT2D eigenvalue weighted by molar-refractivity contribution is 1.30. The lowest BCUT2D eigenvalue weighted by atomic mass is 9.86. The van der Waals surface area contributed by atoms with Gasteiger partial charge < -0.3 is 0 Å². The fraction of sp³-hybridized carbons (Fsp3) is 0. The number of aromatic nitrogens is 2. The average molecular weight is 639 g/mol. The number of pyridine rings is 2. The first kappa shape index (κ1) is 29.4. The maximum atomic E-state index is 5.06. The molecule has 2 aromatic heterocycles. The molecule has 0 aliphatic carbocycles. The van der Waals surface area contributed by atoms with E-state index in [-0.39, 0.29) is 0 Å². The quantitative estimate of drug-likeness (QED) is 0.107. The van der Waals surface area contributed by atoms with E-state index in [1.807, 2.05) is 18.3 Å². The van der Waals surface area contributed by atoms with Crippen LogP contribution >= 0.6 is 0 Å². The van der Waals surface area contributed by atoms with Crippen LogP contribution in [-0.2, 0) is 0 Å². The van der Waals surface area contributed by atoms with E-state index >= 15 is 0 Å². The number of rotatable bonds is 5. The molecule has 9 aromatic rings. The summed E-state index contributed by atoms with van der Waals surface area (Å²) < 4.78 is 0. The molecule has 4 heteroatoms. The third-order valence-corrected chi connectivity index (χ3v) is 9.42. The Morgan fingerprint density at radius 1 is 0.480 bits per heavy atom. The van der Waals surface area contributed by atoms with Gasteiger partial charge in [0.05, 0.1) is 17.4 Å². The van der Waals surface area contributed by atoms with Crippen LogP contribution in [0, 0.1) is 0 Å². The molecule has 234 valence electrons. The molecule has 4 nitrogen and oxygen atoms in total. The highest BCUT2D eigenvalue weighted by Gasteiger charge is 2.18. The molecule has 2 heterocycles. The molecule has 50 heavy (non-hydrogen) atoms. The van der Waals surface area contributed by atoms with E-state index in [1.54, 1.807) is 12.4 Å². The minimum Gasteiger partial charge on any atom is -0.262 e. The molecule has 9 rings (SSSR count). The van der Waals surface area contributed by atoms with Gasteiger partial charge in [-0.3, -0.25) is 9.97 Å². The molecule has 0 atom stereocenters. The Bertz CT molecular complexity index is 2700. The van der Waals surface area contributed by atoms with Crippen LogP contribution in [0.3, 0.4) is 0 Å². The van der Waals surface area contributed by atoms with E-state index in [2.05, 4.69) is 156 Å². The summed E-state index contributed by atoms with van der Waals surface area (Å²) in [7, 11) is 0. The third-order valence-electron chi connectivity index (χ3n) is 9.42. The van der Waals surface area contributed by atoms with Crippen molar-refractivity contribution in [3.05, 3.63) is 176 Å². The monoisotopic (exact) mass is 638 g/mol. The Morgan fingerprint density at radius 2 is 1.10 bits per heavy atom.